The zero-order valence-electron chi connectivity index (χ0n) is 8.80. The third kappa shape index (κ3) is 8.87. The highest BCUT2D eigenvalue weighted by Crippen LogP contribution is 2.02. The minimum Gasteiger partial charge on any atom is -0.452 e. The van der Waals surface area contributed by atoms with Crippen molar-refractivity contribution in [1.82, 2.24) is 0 Å². The summed E-state index contributed by atoms with van der Waals surface area (Å²) in [4.78, 5) is 9.47. The predicted octanol–water partition coefficient (Wildman–Crippen LogP) is 2.63. The van der Waals surface area contributed by atoms with Crippen LogP contribution in [-0.4, -0.2) is 12.1 Å². The average Bonchev–Trinajstić information content (AvgIpc) is 2.09. The Morgan fingerprint density at radius 1 is 1.33 bits per heavy atom. The van der Waals surface area contributed by atoms with Crippen LogP contribution in [0, 0.1) is 17.7 Å². The van der Waals surface area contributed by atoms with Gasteiger partial charge < -0.3 is 4.74 Å². The number of ether oxygens (including phenoxy) is 1. The molecule has 0 aliphatic heterocycles. The Balaban J connectivity index is 0.000000265. The van der Waals surface area contributed by atoms with E-state index < -0.39 is 11.6 Å². The molecule has 0 aliphatic carbocycles. The molecule has 2 nitrogen and oxygen atoms in total. The largest absolute Gasteiger partial charge is 0.452 e. The smallest absolute Gasteiger partial charge is 0.418 e. The fourth-order valence-corrected chi connectivity index (χ4v) is 0.512. The number of rotatable bonds is 1. The summed E-state index contributed by atoms with van der Waals surface area (Å²) in [7, 11) is 0. The molecule has 0 atom stereocenters. The molecule has 0 saturated heterocycles. The van der Waals surface area contributed by atoms with Crippen LogP contribution in [0.25, 0.3) is 0 Å². The van der Waals surface area contributed by atoms with Crippen molar-refractivity contribution in [3.05, 3.63) is 35.9 Å². The molecule has 1 aromatic rings. The second-order valence-electron chi connectivity index (χ2n) is 3.65. The van der Waals surface area contributed by atoms with Gasteiger partial charge in [-0.15, -0.1) is 0 Å². The molecule has 0 amide bonds. The van der Waals surface area contributed by atoms with Gasteiger partial charge in [-0.25, -0.2) is 13.6 Å². The van der Waals surface area contributed by atoms with E-state index in [0.717, 1.165) is 18.2 Å². The Labute approximate surface area is 87.9 Å². The molecule has 2 radical (unpaired) electrons. The Hall–Kier alpha value is -1.45. The fraction of sp³-hybridized carbons (Fsp3) is 0.364. The molecule has 82 valence electrons. The van der Waals surface area contributed by atoms with E-state index in [-0.39, 0.29) is 5.60 Å². The first-order valence-corrected chi connectivity index (χ1v) is 4.23. The minimum absolute atomic E-state index is 0.373. The summed E-state index contributed by atoms with van der Waals surface area (Å²) in [6, 6.07) is 5.08. The van der Waals surface area contributed by atoms with Crippen LogP contribution in [0.3, 0.4) is 0 Å². The van der Waals surface area contributed by atoms with Gasteiger partial charge in [0.15, 0.2) is 0 Å². The topological polar surface area (TPSA) is 26.3 Å². The predicted molar refractivity (Wildman–Crippen MR) is 51.7 cm³/mol. The minimum atomic E-state index is -0.536. The Morgan fingerprint density at radius 3 is 2.13 bits per heavy atom. The van der Waals surface area contributed by atoms with Crippen molar-refractivity contribution in [3.8, 4) is 0 Å². The third-order valence-electron chi connectivity index (χ3n) is 1.08. The first-order chi connectivity index (χ1) is 6.85. The monoisotopic (exact) mass is 214 g/mol. The van der Waals surface area contributed by atoms with E-state index in [1.165, 1.54) is 6.47 Å². The Morgan fingerprint density at radius 2 is 1.93 bits per heavy atom. The molecule has 0 heterocycles. The van der Waals surface area contributed by atoms with Gasteiger partial charge in [0.05, 0.1) is 0 Å². The molecule has 0 saturated carbocycles. The first-order valence-electron chi connectivity index (χ1n) is 4.23. The standard InChI is InChI=1S/C6H3F2.C5H9O2/c7-5-1-2-6(8)4-3-5;1-5(2,3)7-4-6/h1-3H;1-3H3. The van der Waals surface area contributed by atoms with Crippen LogP contribution in [0.5, 0.6) is 0 Å². The number of halogens is 2. The van der Waals surface area contributed by atoms with Crippen molar-refractivity contribution in [2.45, 2.75) is 26.4 Å². The van der Waals surface area contributed by atoms with E-state index in [0.29, 0.717) is 0 Å². The van der Waals surface area contributed by atoms with Crippen LogP contribution in [0.2, 0.25) is 0 Å². The second kappa shape index (κ2) is 6.11. The normalized spacial score (nSPS) is 9.93. The molecule has 1 rings (SSSR count). The van der Waals surface area contributed by atoms with Crippen molar-refractivity contribution >= 4 is 6.47 Å². The van der Waals surface area contributed by atoms with Crippen molar-refractivity contribution in [1.29, 1.82) is 0 Å². The van der Waals surface area contributed by atoms with Crippen LogP contribution in [0.4, 0.5) is 8.78 Å². The molecule has 0 unspecified atom stereocenters. The van der Waals surface area contributed by atoms with E-state index in [9.17, 15) is 13.6 Å². The van der Waals surface area contributed by atoms with Crippen molar-refractivity contribution < 1.29 is 18.3 Å². The zero-order chi connectivity index (χ0) is 11.9. The zero-order valence-corrected chi connectivity index (χ0v) is 8.80. The van der Waals surface area contributed by atoms with Crippen LogP contribution in [0.1, 0.15) is 20.8 Å². The Kier molecular flexibility index (Phi) is 5.52. The highest BCUT2D eigenvalue weighted by Gasteiger charge is 2.08. The quantitative estimate of drug-likeness (QED) is 0.718. The highest BCUT2D eigenvalue weighted by molar-refractivity contribution is 5.39. The van der Waals surface area contributed by atoms with E-state index in [4.69, 9.17) is 0 Å². The average molecular weight is 214 g/mol. The van der Waals surface area contributed by atoms with Crippen molar-refractivity contribution in [3.63, 3.8) is 0 Å². The lowest BCUT2D eigenvalue weighted by molar-refractivity contribution is 0.109. The highest BCUT2D eigenvalue weighted by atomic mass is 19.1. The fourth-order valence-electron chi connectivity index (χ4n) is 0.512. The van der Waals surface area contributed by atoms with Gasteiger partial charge in [-0.1, -0.05) is 0 Å². The SMILES string of the molecule is CC(C)(C)O[C]=O.Fc1[c]cc(F)cc1. The summed E-state index contributed by atoms with van der Waals surface area (Å²) in [5, 5.41) is 0. The van der Waals surface area contributed by atoms with Crippen molar-refractivity contribution in [2.75, 3.05) is 0 Å². The molecule has 1 aromatic carbocycles. The summed E-state index contributed by atoms with van der Waals surface area (Å²) >= 11 is 0. The maximum atomic E-state index is 11.9. The molecule has 0 aromatic heterocycles. The Bertz CT molecular complexity index is 267. The second-order valence-corrected chi connectivity index (χ2v) is 3.65. The van der Waals surface area contributed by atoms with Gasteiger partial charge in [-0.3, -0.25) is 0 Å². The van der Waals surface area contributed by atoms with Crippen molar-refractivity contribution in [2.24, 2.45) is 0 Å². The summed E-state index contributed by atoms with van der Waals surface area (Å²) in [5.74, 6) is -1.00. The lowest BCUT2D eigenvalue weighted by Gasteiger charge is -2.13. The lowest BCUT2D eigenvalue weighted by atomic mass is 10.2. The van der Waals surface area contributed by atoms with E-state index in [1.807, 2.05) is 0 Å². The van der Waals surface area contributed by atoms with Gasteiger partial charge in [-0.05, 0) is 39.0 Å². The maximum absolute atomic E-state index is 11.9. The number of benzene rings is 1. The van der Waals surface area contributed by atoms with Crippen LogP contribution in [-0.2, 0) is 9.53 Å². The van der Waals surface area contributed by atoms with E-state index in [2.05, 4.69) is 10.8 Å². The van der Waals surface area contributed by atoms with Crippen LogP contribution < -0.4 is 0 Å². The molecule has 0 N–H and O–H groups in total. The molecule has 0 aliphatic rings. The van der Waals surface area contributed by atoms with Crippen LogP contribution >= 0.6 is 0 Å². The lowest BCUT2D eigenvalue weighted by Crippen LogP contribution is -2.17. The summed E-state index contributed by atoms with van der Waals surface area (Å²) in [6.45, 7) is 6.73. The van der Waals surface area contributed by atoms with E-state index >= 15 is 0 Å². The molecule has 0 spiro atoms. The summed E-state index contributed by atoms with van der Waals surface area (Å²) < 4.78 is 28.2. The molecule has 0 bridgehead atoms. The number of hydrogen-bond acceptors (Lipinski definition) is 2. The molecular weight excluding hydrogens is 202 g/mol. The molecule has 4 heteroatoms. The van der Waals surface area contributed by atoms with Gasteiger partial charge in [0.1, 0.15) is 17.2 Å². The van der Waals surface area contributed by atoms with Gasteiger partial charge in [0, 0.05) is 6.07 Å². The van der Waals surface area contributed by atoms with E-state index in [1.54, 1.807) is 20.8 Å². The maximum Gasteiger partial charge on any atom is 0.418 e. The third-order valence-corrected chi connectivity index (χ3v) is 1.08. The van der Waals surface area contributed by atoms with Gasteiger partial charge in [0.2, 0.25) is 0 Å². The number of hydrogen-bond donors (Lipinski definition) is 0. The van der Waals surface area contributed by atoms with Gasteiger partial charge >= 0.3 is 6.47 Å². The van der Waals surface area contributed by atoms with Gasteiger partial charge in [0.25, 0.3) is 0 Å². The molecule has 15 heavy (non-hydrogen) atoms. The molecular formula is C11H12F2O2. The summed E-state index contributed by atoms with van der Waals surface area (Å²) in [6.07, 6.45) is 0. The van der Waals surface area contributed by atoms with Crippen LogP contribution in [0.15, 0.2) is 18.2 Å². The molecule has 0 fully saturated rings. The van der Waals surface area contributed by atoms with Gasteiger partial charge in [-0.2, -0.15) is 0 Å². The number of carbonyl (C=O) groups excluding carboxylic acids is 1. The summed E-state index contributed by atoms with van der Waals surface area (Å²) in [5.41, 5.74) is -0.373. The first kappa shape index (κ1) is 13.5.